The van der Waals surface area contributed by atoms with Gasteiger partial charge in [-0.1, -0.05) is 58.3 Å². The van der Waals surface area contributed by atoms with E-state index in [2.05, 4.69) is 6.92 Å². The molecular weight excluding hydrogens is 236 g/mol. The molecule has 0 bridgehead atoms. The molecule has 19 heavy (non-hydrogen) atoms. The van der Waals surface area contributed by atoms with Crippen LogP contribution < -0.4 is 0 Å². The monoisotopic (exact) mass is 272 g/mol. The van der Waals surface area contributed by atoms with Gasteiger partial charge in [0, 0.05) is 0 Å². The quantitative estimate of drug-likeness (QED) is 0.500. The molecule has 1 unspecified atom stereocenters. The Morgan fingerprint density at radius 2 is 1.11 bits per heavy atom. The van der Waals surface area contributed by atoms with Crippen LogP contribution in [0, 0.1) is 0 Å². The minimum absolute atomic E-state index is 0.609. The van der Waals surface area contributed by atoms with Gasteiger partial charge in [0.25, 0.3) is 0 Å². The fourth-order valence-corrected chi connectivity index (χ4v) is 2.34. The Hall–Kier alpha value is -0.0800. The zero-order valence-electron chi connectivity index (χ0n) is 13.7. The predicted octanol–water partition coefficient (Wildman–Crippen LogP) is 4.82. The van der Waals surface area contributed by atoms with Crippen LogP contribution in [0.2, 0.25) is 0 Å². The molecule has 0 aliphatic heterocycles. The molecule has 0 fully saturated rings. The average molecular weight is 272 g/mol. The first-order valence-electron chi connectivity index (χ1n) is 8.21. The van der Waals surface area contributed by atoms with Gasteiger partial charge in [-0.3, -0.25) is 0 Å². The molecule has 0 aromatic heterocycles. The summed E-state index contributed by atoms with van der Waals surface area (Å²) in [6.45, 7) is 7.76. The lowest BCUT2D eigenvalue weighted by Gasteiger charge is -2.27. The summed E-state index contributed by atoms with van der Waals surface area (Å²) in [5.41, 5.74) is -1.27. The van der Waals surface area contributed by atoms with Gasteiger partial charge >= 0.3 is 0 Å². The predicted molar refractivity (Wildman–Crippen MR) is 83.4 cm³/mol. The van der Waals surface area contributed by atoms with E-state index in [4.69, 9.17) is 0 Å². The van der Waals surface area contributed by atoms with Crippen LogP contribution in [0.1, 0.15) is 98.3 Å². The maximum absolute atomic E-state index is 10.2. The largest absolute Gasteiger partial charge is 0.390 e. The van der Waals surface area contributed by atoms with Crippen molar-refractivity contribution in [1.29, 1.82) is 0 Å². The van der Waals surface area contributed by atoms with Crippen LogP contribution in [0.4, 0.5) is 0 Å². The van der Waals surface area contributed by atoms with E-state index in [9.17, 15) is 10.2 Å². The zero-order valence-corrected chi connectivity index (χ0v) is 13.7. The Bertz CT molecular complexity index is 204. The van der Waals surface area contributed by atoms with Crippen molar-refractivity contribution in [3.8, 4) is 0 Å². The van der Waals surface area contributed by atoms with E-state index in [0.717, 1.165) is 12.8 Å². The Kier molecular flexibility index (Phi) is 9.72. The molecule has 0 spiro atoms. The maximum Gasteiger partial charge on any atom is 0.0620 e. The summed E-state index contributed by atoms with van der Waals surface area (Å²) < 4.78 is 0. The summed E-state index contributed by atoms with van der Waals surface area (Å²) in [6.07, 6.45) is 12.6. The minimum Gasteiger partial charge on any atom is -0.390 e. The smallest absolute Gasteiger partial charge is 0.0620 e. The van der Waals surface area contributed by atoms with E-state index >= 15 is 0 Å². The van der Waals surface area contributed by atoms with Gasteiger partial charge < -0.3 is 10.2 Å². The second-order valence-electron chi connectivity index (χ2n) is 7.03. The van der Waals surface area contributed by atoms with E-state index < -0.39 is 11.2 Å². The van der Waals surface area contributed by atoms with Crippen LogP contribution in [0.5, 0.6) is 0 Å². The molecule has 0 rings (SSSR count). The highest BCUT2D eigenvalue weighted by Crippen LogP contribution is 2.24. The van der Waals surface area contributed by atoms with Gasteiger partial charge in [0.2, 0.25) is 0 Å². The van der Waals surface area contributed by atoms with Gasteiger partial charge in [-0.05, 0) is 40.0 Å². The first-order valence-corrected chi connectivity index (χ1v) is 8.21. The first kappa shape index (κ1) is 18.9. The first-order chi connectivity index (χ1) is 8.77. The van der Waals surface area contributed by atoms with Gasteiger partial charge in [-0.25, -0.2) is 0 Å². The molecule has 1 atom stereocenters. The van der Waals surface area contributed by atoms with Crippen LogP contribution >= 0.6 is 0 Å². The molecule has 0 saturated heterocycles. The Balaban J connectivity index is 3.48. The highest BCUT2D eigenvalue weighted by atomic mass is 16.3. The number of unbranched alkanes of at least 4 members (excludes halogenated alkanes) is 7. The van der Waals surface area contributed by atoms with Crippen LogP contribution in [-0.2, 0) is 0 Å². The van der Waals surface area contributed by atoms with Crippen LogP contribution in [0.15, 0.2) is 0 Å². The molecule has 0 radical (unpaired) electrons. The molecule has 2 heteroatoms. The van der Waals surface area contributed by atoms with E-state index in [0.29, 0.717) is 12.8 Å². The molecule has 0 aromatic carbocycles. The topological polar surface area (TPSA) is 40.5 Å². The highest BCUT2D eigenvalue weighted by molar-refractivity contribution is 4.77. The normalized spacial score (nSPS) is 15.5. The fourth-order valence-electron chi connectivity index (χ4n) is 2.34. The second kappa shape index (κ2) is 9.77. The molecule has 116 valence electrons. The van der Waals surface area contributed by atoms with Gasteiger partial charge in [-0.2, -0.15) is 0 Å². The Morgan fingerprint density at radius 1 is 0.632 bits per heavy atom. The Labute approximate surface area is 120 Å². The van der Waals surface area contributed by atoms with Gasteiger partial charge in [-0.15, -0.1) is 0 Å². The summed E-state index contributed by atoms with van der Waals surface area (Å²) >= 11 is 0. The van der Waals surface area contributed by atoms with Crippen molar-refractivity contribution in [3.63, 3.8) is 0 Å². The summed E-state index contributed by atoms with van der Waals surface area (Å²) in [4.78, 5) is 0. The van der Waals surface area contributed by atoms with Gasteiger partial charge in [0.15, 0.2) is 0 Å². The van der Waals surface area contributed by atoms with Crippen LogP contribution in [0.25, 0.3) is 0 Å². The van der Waals surface area contributed by atoms with Crippen molar-refractivity contribution in [2.45, 2.75) is 110 Å². The second-order valence-corrected chi connectivity index (χ2v) is 7.03. The van der Waals surface area contributed by atoms with Crippen LogP contribution in [-0.4, -0.2) is 21.4 Å². The third kappa shape index (κ3) is 14.1. The Morgan fingerprint density at radius 3 is 1.58 bits per heavy atom. The van der Waals surface area contributed by atoms with E-state index in [1.54, 1.807) is 13.8 Å². The van der Waals surface area contributed by atoms with Crippen molar-refractivity contribution in [2.75, 3.05) is 0 Å². The molecule has 2 nitrogen and oxygen atoms in total. The molecule has 0 heterocycles. The fraction of sp³-hybridized carbons (Fsp3) is 1.00. The van der Waals surface area contributed by atoms with Gasteiger partial charge in [0.05, 0.1) is 11.2 Å². The van der Waals surface area contributed by atoms with E-state index in [-0.39, 0.29) is 0 Å². The number of rotatable bonds is 12. The van der Waals surface area contributed by atoms with Crippen molar-refractivity contribution >= 4 is 0 Å². The highest BCUT2D eigenvalue weighted by Gasteiger charge is 2.23. The lowest BCUT2D eigenvalue weighted by atomic mass is 9.88. The van der Waals surface area contributed by atoms with Crippen molar-refractivity contribution < 1.29 is 10.2 Å². The van der Waals surface area contributed by atoms with E-state index in [1.807, 2.05) is 6.92 Å². The molecular formula is C17H36O2. The minimum atomic E-state index is -0.663. The third-order valence-corrected chi connectivity index (χ3v) is 3.84. The lowest BCUT2D eigenvalue weighted by Crippen LogP contribution is -2.29. The maximum atomic E-state index is 10.2. The molecule has 0 amide bonds. The summed E-state index contributed by atoms with van der Waals surface area (Å²) in [6, 6.07) is 0. The SMILES string of the molecule is CCCCCCCCCCC(C)(O)CCC(C)(C)O. The standard InChI is InChI=1S/C17H36O2/c1-5-6-7-8-9-10-11-12-13-17(4,19)15-14-16(2,3)18/h18-19H,5-15H2,1-4H3. The molecule has 0 aliphatic carbocycles. The third-order valence-electron chi connectivity index (χ3n) is 3.84. The van der Waals surface area contributed by atoms with Crippen molar-refractivity contribution in [3.05, 3.63) is 0 Å². The number of aliphatic hydroxyl groups is 2. The average Bonchev–Trinajstić information content (AvgIpc) is 2.29. The summed E-state index contributed by atoms with van der Waals surface area (Å²) in [5, 5.41) is 19.9. The summed E-state index contributed by atoms with van der Waals surface area (Å²) in [5.74, 6) is 0. The number of hydrogen-bond acceptors (Lipinski definition) is 2. The molecule has 2 N–H and O–H groups in total. The van der Waals surface area contributed by atoms with Crippen molar-refractivity contribution in [1.82, 2.24) is 0 Å². The molecule has 0 aliphatic rings. The molecule has 0 aromatic rings. The van der Waals surface area contributed by atoms with E-state index in [1.165, 1.54) is 44.9 Å². The zero-order chi connectivity index (χ0) is 14.8. The van der Waals surface area contributed by atoms with Crippen molar-refractivity contribution in [2.24, 2.45) is 0 Å². The summed E-state index contributed by atoms with van der Waals surface area (Å²) in [7, 11) is 0. The van der Waals surface area contributed by atoms with Crippen LogP contribution in [0.3, 0.4) is 0 Å². The lowest BCUT2D eigenvalue weighted by molar-refractivity contribution is -0.000182. The number of hydrogen-bond donors (Lipinski definition) is 2. The van der Waals surface area contributed by atoms with Gasteiger partial charge in [0.1, 0.15) is 0 Å². The molecule has 0 saturated carbocycles.